The maximum atomic E-state index is 13.5. The molecule has 190 valence electrons. The van der Waals surface area contributed by atoms with Gasteiger partial charge in [0.05, 0.1) is 12.8 Å². The first-order valence-corrected chi connectivity index (χ1v) is 13.6. The second kappa shape index (κ2) is 12.5. The van der Waals surface area contributed by atoms with Gasteiger partial charge in [0.1, 0.15) is 6.04 Å². The topological polar surface area (TPSA) is 86.8 Å². The third-order valence-corrected chi connectivity index (χ3v) is 7.13. The Kier molecular flexibility index (Phi) is 9.38. The van der Waals surface area contributed by atoms with Crippen molar-refractivity contribution in [1.82, 2.24) is 14.5 Å². The van der Waals surface area contributed by atoms with Gasteiger partial charge in [0, 0.05) is 19.6 Å². The van der Waals surface area contributed by atoms with E-state index >= 15 is 0 Å². The van der Waals surface area contributed by atoms with Crippen LogP contribution in [0.3, 0.4) is 0 Å². The monoisotopic (exact) mass is 507 g/mol. The van der Waals surface area contributed by atoms with Crippen LogP contribution >= 0.6 is 0 Å². The van der Waals surface area contributed by atoms with Gasteiger partial charge in [0.25, 0.3) is 0 Å². The average Bonchev–Trinajstić information content (AvgIpc) is 2.86. The van der Waals surface area contributed by atoms with Crippen LogP contribution in [-0.4, -0.2) is 48.3 Å². The molecule has 0 bridgehead atoms. The Morgan fingerprint density at radius 3 is 1.86 bits per heavy atom. The summed E-state index contributed by atoms with van der Waals surface area (Å²) < 4.78 is 26.2. The molecule has 0 saturated heterocycles. The van der Waals surface area contributed by atoms with E-state index in [9.17, 15) is 18.0 Å². The fourth-order valence-electron chi connectivity index (χ4n) is 3.72. The fourth-order valence-corrected chi connectivity index (χ4v) is 4.45. The lowest BCUT2D eigenvalue weighted by Crippen LogP contribution is -2.50. The molecular weight excluding hydrogens is 474 g/mol. The maximum absolute atomic E-state index is 13.5. The molecule has 36 heavy (non-hydrogen) atoms. The summed E-state index contributed by atoms with van der Waals surface area (Å²) in [5.74, 6) is -0.757. The first-order valence-electron chi connectivity index (χ1n) is 11.8. The van der Waals surface area contributed by atoms with E-state index < -0.39 is 22.0 Å². The number of hydrogen-bond acceptors (Lipinski definition) is 4. The zero-order chi connectivity index (χ0) is 26.1. The van der Waals surface area contributed by atoms with Gasteiger partial charge in [-0.25, -0.2) is 8.42 Å². The number of aryl methyl sites for hydroxylation is 1. The molecule has 0 aliphatic rings. The Balaban J connectivity index is 1.78. The molecule has 7 nitrogen and oxygen atoms in total. The molecule has 0 aliphatic heterocycles. The molecule has 0 aromatic heterocycles. The number of hydrogen-bond donors (Lipinski definition) is 1. The van der Waals surface area contributed by atoms with Crippen LogP contribution in [0.1, 0.15) is 29.2 Å². The van der Waals surface area contributed by atoms with E-state index in [2.05, 4.69) is 5.32 Å². The van der Waals surface area contributed by atoms with Crippen molar-refractivity contribution < 1.29 is 18.0 Å². The van der Waals surface area contributed by atoms with Crippen molar-refractivity contribution in [3.8, 4) is 0 Å². The summed E-state index contributed by atoms with van der Waals surface area (Å²) in [5, 5.41) is 2.90. The van der Waals surface area contributed by atoms with Crippen molar-refractivity contribution in [2.75, 3.05) is 12.8 Å². The van der Waals surface area contributed by atoms with Crippen molar-refractivity contribution in [3.05, 3.63) is 107 Å². The standard InChI is InChI=1S/C28H33N3O4S/c1-22-14-16-24(17-15-22)18-29-28(33)23(2)31(20-26-12-8-5-9-13-26)27(32)21-30(36(3,34)35)19-25-10-6-4-7-11-25/h4-17,23H,18-21H2,1-3H3,(H,29,33)/t23-/m1/s1. The zero-order valence-electron chi connectivity index (χ0n) is 20.9. The Morgan fingerprint density at radius 1 is 0.806 bits per heavy atom. The number of nitrogens with one attached hydrogen (secondary N) is 1. The van der Waals surface area contributed by atoms with Crippen LogP contribution in [0.5, 0.6) is 0 Å². The number of sulfonamides is 1. The number of carbonyl (C=O) groups is 2. The van der Waals surface area contributed by atoms with Gasteiger partial charge < -0.3 is 10.2 Å². The average molecular weight is 508 g/mol. The van der Waals surface area contributed by atoms with Crippen molar-refractivity contribution in [2.45, 2.75) is 39.5 Å². The van der Waals surface area contributed by atoms with E-state index in [1.165, 1.54) is 4.90 Å². The highest BCUT2D eigenvalue weighted by Crippen LogP contribution is 2.14. The molecule has 3 rings (SSSR count). The fraction of sp³-hybridized carbons (Fsp3) is 0.286. The molecule has 1 N–H and O–H groups in total. The maximum Gasteiger partial charge on any atom is 0.242 e. The van der Waals surface area contributed by atoms with Gasteiger partial charge in [0.2, 0.25) is 21.8 Å². The van der Waals surface area contributed by atoms with Crippen molar-refractivity contribution >= 4 is 21.8 Å². The number of nitrogens with zero attached hydrogens (tertiary/aromatic N) is 2. The van der Waals surface area contributed by atoms with Crippen molar-refractivity contribution in [1.29, 1.82) is 0 Å². The summed E-state index contributed by atoms with van der Waals surface area (Å²) in [6.45, 7) is 3.87. The Labute approximate surface area is 213 Å². The van der Waals surface area contributed by atoms with E-state index in [0.29, 0.717) is 6.54 Å². The highest BCUT2D eigenvalue weighted by molar-refractivity contribution is 7.88. The smallest absolute Gasteiger partial charge is 0.242 e. The molecule has 1 atom stereocenters. The quantitative estimate of drug-likeness (QED) is 0.431. The summed E-state index contributed by atoms with van der Waals surface area (Å²) in [6.07, 6.45) is 1.09. The minimum Gasteiger partial charge on any atom is -0.350 e. The molecule has 8 heteroatoms. The Bertz CT molecular complexity index is 1250. The van der Waals surface area contributed by atoms with Crippen molar-refractivity contribution in [2.24, 2.45) is 0 Å². The third-order valence-electron chi connectivity index (χ3n) is 5.93. The second-order valence-electron chi connectivity index (χ2n) is 8.90. The third kappa shape index (κ3) is 8.03. The van der Waals surface area contributed by atoms with Gasteiger partial charge in [0.15, 0.2) is 0 Å². The van der Waals surface area contributed by atoms with Crippen LogP contribution in [0.2, 0.25) is 0 Å². The Morgan fingerprint density at radius 2 is 1.33 bits per heavy atom. The van der Waals surface area contributed by atoms with Gasteiger partial charge in [-0.3, -0.25) is 9.59 Å². The zero-order valence-corrected chi connectivity index (χ0v) is 21.7. The summed E-state index contributed by atoms with van der Waals surface area (Å²) in [6, 6.07) is 25.5. The Hall–Kier alpha value is -3.49. The highest BCUT2D eigenvalue weighted by atomic mass is 32.2. The van der Waals surface area contributed by atoms with Crippen LogP contribution in [0, 0.1) is 6.92 Å². The van der Waals surface area contributed by atoms with E-state index in [-0.39, 0.29) is 25.5 Å². The van der Waals surface area contributed by atoms with Gasteiger partial charge in [-0.2, -0.15) is 4.31 Å². The summed E-state index contributed by atoms with van der Waals surface area (Å²) in [4.78, 5) is 28.0. The molecular formula is C28H33N3O4S. The van der Waals surface area contributed by atoms with Crippen LogP contribution in [0.4, 0.5) is 0 Å². The number of amides is 2. The summed E-state index contributed by atoms with van der Waals surface area (Å²) >= 11 is 0. The lowest BCUT2D eigenvalue weighted by molar-refractivity contribution is -0.140. The minimum absolute atomic E-state index is 0.0680. The molecule has 0 fully saturated rings. The highest BCUT2D eigenvalue weighted by Gasteiger charge is 2.29. The van der Waals surface area contributed by atoms with E-state index in [4.69, 9.17) is 0 Å². The molecule has 0 spiro atoms. The predicted molar refractivity (Wildman–Crippen MR) is 141 cm³/mol. The van der Waals surface area contributed by atoms with Crippen LogP contribution in [-0.2, 0) is 39.2 Å². The van der Waals surface area contributed by atoms with E-state index in [0.717, 1.165) is 32.8 Å². The molecule has 3 aromatic carbocycles. The van der Waals surface area contributed by atoms with Gasteiger partial charge in [-0.15, -0.1) is 0 Å². The molecule has 0 aliphatic carbocycles. The van der Waals surface area contributed by atoms with Crippen LogP contribution in [0.25, 0.3) is 0 Å². The normalized spacial score (nSPS) is 12.2. The van der Waals surface area contributed by atoms with Gasteiger partial charge in [-0.1, -0.05) is 90.5 Å². The minimum atomic E-state index is -3.68. The number of rotatable bonds is 11. The first-order chi connectivity index (χ1) is 17.1. The van der Waals surface area contributed by atoms with Crippen LogP contribution in [0.15, 0.2) is 84.9 Å². The SMILES string of the molecule is Cc1ccc(CNC(=O)[C@@H](C)N(Cc2ccccc2)C(=O)CN(Cc2ccccc2)S(C)(=O)=O)cc1. The second-order valence-corrected chi connectivity index (χ2v) is 10.9. The van der Waals surface area contributed by atoms with Crippen LogP contribution < -0.4 is 5.32 Å². The van der Waals surface area contributed by atoms with E-state index in [1.54, 1.807) is 6.92 Å². The molecule has 0 unspecified atom stereocenters. The van der Waals surface area contributed by atoms with Gasteiger partial charge >= 0.3 is 0 Å². The number of benzene rings is 3. The largest absolute Gasteiger partial charge is 0.350 e. The summed E-state index contributed by atoms with van der Waals surface area (Å²) in [7, 11) is -3.68. The lowest BCUT2D eigenvalue weighted by Gasteiger charge is -2.31. The lowest BCUT2D eigenvalue weighted by atomic mass is 10.1. The molecule has 3 aromatic rings. The summed E-state index contributed by atoms with van der Waals surface area (Å²) in [5.41, 5.74) is 3.70. The predicted octanol–water partition coefficient (Wildman–Crippen LogP) is 3.49. The molecule has 0 saturated carbocycles. The molecule has 0 radical (unpaired) electrons. The van der Waals surface area contributed by atoms with Crippen molar-refractivity contribution in [3.63, 3.8) is 0 Å². The van der Waals surface area contributed by atoms with Gasteiger partial charge in [-0.05, 0) is 30.5 Å². The molecule has 0 heterocycles. The number of carbonyl (C=O) groups excluding carboxylic acids is 2. The first kappa shape index (κ1) is 27.1. The van der Waals surface area contributed by atoms with E-state index in [1.807, 2.05) is 91.9 Å². The molecule has 2 amide bonds.